The molecule has 0 radical (unpaired) electrons. The lowest BCUT2D eigenvalue weighted by molar-refractivity contribution is -0.572. The summed E-state index contributed by atoms with van der Waals surface area (Å²) in [5.41, 5.74) is 3.01. The Morgan fingerprint density at radius 3 is 2.00 bits per heavy atom. The topological polar surface area (TPSA) is 35.9 Å². The van der Waals surface area contributed by atoms with Crippen molar-refractivity contribution in [2.45, 2.75) is 71.0 Å². The maximum Gasteiger partial charge on any atom is 0.269 e. The number of hydrogen-bond acceptors (Lipinski definition) is 2. The van der Waals surface area contributed by atoms with E-state index >= 15 is 0 Å². The van der Waals surface area contributed by atoms with Crippen LogP contribution in [0.1, 0.15) is 107 Å². The summed E-state index contributed by atoms with van der Waals surface area (Å²) in [7, 11) is -6.19. The highest BCUT2D eigenvalue weighted by Gasteiger charge is 2.41. The molecule has 0 atom stereocenters. The Kier molecular flexibility index (Phi) is 7.49. The average molecular weight is 1040 g/mol. The Labute approximate surface area is 485 Å². The number of pyridine rings is 1. The second-order valence-electron chi connectivity index (χ2n) is 20.1. The molecule has 3 aromatic heterocycles. The van der Waals surface area contributed by atoms with E-state index in [1.165, 1.54) is 6.07 Å². The second-order valence-corrected chi connectivity index (χ2v) is 23.6. The van der Waals surface area contributed by atoms with Crippen molar-refractivity contribution in [1.82, 2.24) is 14.1 Å². The quantitative estimate of drug-likeness (QED) is 0.0560. The molecule has 6 heteroatoms. The molecule has 0 N–H and O–H groups in total. The number of rotatable bonds is 11. The van der Waals surface area contributed by atoms with Gasteiger partial charge in [-0.2, -0.15) is 0 Å². The van der Waals surface area contributed by atoms with Crippen LogP contribution in [0.5, 0.6) is 11.5 Å². The molecule has 9 aromatic carbocycles. The number of aryl methyl sites for hydroxylation is 1. The molecular weight excluding hydrogens is 953 g/mol. The van der Waals surface area contributed by atoms with Crippen molar-refractivity contribution in [1.29, 1.82) is 0 Å². The van der Waals surface area contributed by atoms with E-state index in [1.807, 2.05) is 86.0 Å². The molecule has 3 heterocycles. The summed E-state index contributed by atoms with van der Waals surface area (Å²) in [5.74, 6) is 0.0607. The summed E-state index contributed by atoms with van der Waals surface area (Å²) in [4.78, 5) is 4.89. The van der Waals surface area contributed by atoms with Crippen LogP contribution in [0.2, 0.25) is 0 Å². The maximum absolute atomic E-state index is 10.7. The number of aromatic nitrogens is 4. The molecule has 0 aliphatic heterocycles. The molecule has 0 bridgehead atoms. The van der Waals surface area contributed by atoms with Crippen LogP contribution in [-0.4, -0.2) is 22.2 Å². The van der Waals surface area contributed by atoms with Crippen molar-refractivity contribution in [3.63, 3.8) is 0 Å². The van der Waals surface area contributed by atoms with Gasteiger partial charge in [0.1, 0.15) is 17.3 Å². The largest absolute Gasteiger partial charge is 0.458 e. The average Bonchev–Trinajstić information content (AvgIpc) is 0.901. The van der Waals surface area contributed by atoms with Crippen LogP contribution in [-0.2, 0) is 5.41 Å². The van der Waals surface area contributed by atoms with Crippen LogP contribution in [0.3, 0.4) is 0 Å². The van der Waals surface area contributed by atoms with Crippen LogP contribution in [0.15, 0.2) is 236 Å². The lowest BCUT2D eigenvalue weighted by atomic mass is 9.83. The molecule has 0 amide bonds. The highest BCUT2D eigenvalue weighted by molar-refractivity contribution is 7.19. The molecule has 376 valence electrons. The molecule has 1 aliphatic carbocycles. The SMILES string of the molecule is [2H]c1c([2H])c([2H])c([Si](c2c([2H])c([2H])c([2H])c([2H])c2[2H])(c2c([2H])c([2H])c([2H])c([2H])c2[2H])c2c([2H])c([2H])c([2H])c(-c3cccc(C(C)(C)C)c3-[n+]3[c-]n(-c4cccc(Oc5ccc6c7ccccc7n(-c7cc(C([2H])([2H])[2H])c(C8([2H])CCCCC8)cn7)c6c5)c4)c4ccccc43)c2[2H])c([2H])c1[2H]. The summed E-state index contributed by atoms with van der Waals surface area (Å²) >= 11 is 0. The number of para-hydroxylation sites is 4. The summed E-state index contributed by atoms with van der Waals surface area (Å²) in [6.07, 6.45) is 8.75. The van der Waals surface area contributed by atoms with Crippen LogP contribution in [0, 0.1) is 13.2 Å². The fraction of sp³-hybridized carbons (Fsp3) is 0.155. The van der Waals surface area contributed by atoms with Crippen LogP contribution in [0.25, 0.3) is 61.2 Å². The first-order valence-corrected chi connectivity index (χ1v) is 27.4. The third-order valence-electron chi connectivity index (χ3n) is 14.4. The zero-order valence-corrected chi connectivity index (χ0v) is 43.3. The molecular formula is C71H62N4OSi. The molecule has 1 saturated carbocycles. The van der Waals surface area contributed by atoms with Gasteiger partial charge in [-0.3, -0.25) is 13.7 Å². The molecule has 13 rings (SSSR count). The molecule has 77 heavy (non-hydrogen) atoms. The van der Waals surface area contributed by atoms with Gasteiger partial charge in [0.2, 0.25) is 0 Å². The number of nitrogens with zero attached hydrogens (tertiary/aromatic N) is 4. The van der Waals surface area contributed by atoms with Gasteiger partial charge in [0.25, 0.3) is 6.33 Å². The van der Waals surface area contributed by atoms with Crippen LogP contribution >= 0.6 is 0 Å². The first kappa shape index (κ1) is 29.1. The van der Waals surface area contributed by atoms with E-state index in [0.29, 0.717) is 63.5 Å². The molecule has 5 nitrogen and oxygen atoms in total. The Morgan fingerprint density at radius 1 is 0.636 bits per heavy atom. The van der Waals surface area contributed by atoms with Crippen molar-refractivity contribution >= 4 is 61.7 Å². The first-order chi connectivity index (χ1) is 47.2. The third-order valence-corrected chi connectivity index (χ3v) is 18.4. The molecule has 1 aliphatic rings. The van der Waals surface area contributed by atoms with E-state index < -0.39 is 167 Å². The summed E-state index contributed by atoms with van der Waals surface area (Å²) < 4.78 is 227. The molecule has 12 aromatic rings. The number of ether oxygens (including phenoxy) is 1. The maximum atomic E-state index is 10.7. The van der Waals surface area contributed by atoms with Gasteiger partial charge in [-0.25, -0.2) is 4.98 Å². The second kappa shape index (κ2) is 19.8. The van der Waals surface area contributed by atoms with Crippen molar-refractivity contribution in [3.05, 3.63) is 259 Å². The summed E-state index contributed by atoms with van der Waals surface area (Å²) in [5, 5.41) is -2.01. The van der Waals surface area contributed by atoms with Crippen molar-refractivity contribution in [2.24, 2.45) is 0 Å². The molecule has 0 spiro atoms. The van der Waals surface area contributed by atoms with Gasteiger partial charge in [-0.05, 0) is 122 Å². The third kappa shape index (κ3) is 8.58. The monoisotopic (exact) mass is 1040 g/mol. The Morgan fingerprint density at radius 2 is 1.29 bits per heavy atom. The minimum absolute atomic E-state index is 0.00241. The standard InChI is InChI=1S/C71H62N4OSi/c1-50-44-69(72-48-63(50)51-24-9-5-10-25-51)75-65-39-18-17-36-61(65)62-43-42-55(47-68(62)75)76-54-28-22-27-53(46-54)73-49-74(67-41-20-19-40-66(67)73)70-60(37-23-38-64(70)71(2,3)4)52-26-21-35-59(45-52)77(56-29-11-6-12-30-56,57-31-13-7-14-32-57)58-33-15-8-16-34-58/h6-8,11-23,26-48,51H,5,9-10,24-25H2,1-4H3/i1D3,6D,7D,8D,11D,12D,13D,14D,15D,16D,21D,26D,29D,30D,31D,32D,33D,34D,35D,45D,51D. The zero-order chi connectivity index (χ0) is 72.0. The number of imidazole rings is 1. The van der Waals surface area contributed by atoms with Gasteiger partial charge in [0, 0.05) is 28.5 Å². The summed E-state index contributed by atoms with van der Waals surface area (Å²) in [6.45, 7) is 3.18. The van der Waals surface area contributed by atoms with Crippen molar-refractivity contribution in [2.75, 3.05) is 0 Å². The molecule has 1 fully saturated rings. The Hall–Kier alpha value is -8.58. The lowest BCUT2D eigenvalue weighted by Crippen LogP contribution is -2.74. The van der Waals surface area contributed by atoms with Gasteiger partial charge in [-0.1, -0.05) is 222 Å². The highest BCUT2D eigenvalue weighted by Crippen LogP contribution is 2.39. The fourth-order valence-electron chi connectivity index (χ4n) is 10.9. The van der Waals surface area contributed by atoms with E-state index in [0.717, 1.165) is 35.6 Å². The summed E-state index contributed by atoms with van der Waals surface area (Å²) in [6, 6.07) is 14.5. The van der Waals surface area contributed by atoms with E-state index in [2.05, 4.69) is 6.33 Å². The van der Waals surface area contributed by atoms with E-state index in [1.54, 1.807) is 63.9 Å². The first-order valence-electron chi connectivity index (χ1n) is 36.9. The van der Waals surface area contributed by atoms with Crippen molar-refractivity contribution < 1.29 is 40.8 Å². The Bertz CT molecular complexity index is 5210. The van der Waals surface area contributed by atoms with Gasteiger partial charge < -0.3 is 4.74 Å². The van der Waals surface area contributed by atoms with Gasteiger partial charge in [-0.15, -0.1) is 0 Å². The lowest BCUT2D eigenvalue weighted by Gasteiger charge is -2.35. The van der Waals surface area contributed by atoms with Gasteiger partial charge >= 0.3 is 0 Å². The van der Waals surface area contributed by atoms with Crippen LogP contribution in [0.4, 0.5) is 0 Å². The number of benzene rings is 9. The highest BCUT2D eigenvalue weighted by atomic mass is 28.3. The van der Waals surface area contributed by atoms with Gasteiger partial charge in [0.15, 0.2) is 8.07 Å². The van der Waals surface area contributed by atoms with E-state index in [4.69, 9.17) is 26.2 Å². The van der Waals surface area contributed by atoms with Crippen molar-refractivity contribution in [3.8, 4) is 39.8 Å². The normalized spacial score (nSPS) is 18.2. The van der Waals surface area contributed by atoms with Crippen LogP contribution < -0.4 is 30.1 Å². The minimum Gasteiger partial charge on any atom is -0.458 e. The fourth-order valence-corrected chi connectivity index (χ4v) is 14.5. The van der Waals surface area contributed by atoms with Gasteiger partial charge in [0.05, 0.1) is 59.5 Å². The molecule has 0 unspecified atom stereocenters. The Balaban J connectivity index is 1.03. The number of fused-ring (bicyclic) bond motifs is 4. The molecule has 0 saturated heterocycles. The minimum atomic E-state index is -6.19. The number of hydrogen-bond donors (Lipinski definition) is 0. The van der Waals surface area contributed by atoms with E-state index in [9.17, 15) is 15.1 Å². The van der Waals surface area contributed by atoms with E-state index in [-0.39, 0.29) is 16.8 Å². The zero-order valence-electron chi connectivity index (χ0n) is 65.3. The predicted molar refractivity (Wildman–Crippen MR) is 321 cm³/mol. The predicted octanol–water partition coefficient (Wildman–Crippen LogP) is 14.7. The smallest absolute Gasteiger partial charge is 0.269 e.